The maximum Gasteiger partial charge on any atom is 0.175 e. The highest BCUT2D eigenvalue weighted by Gasteiger charge is 2.14. The van der Waals surface area contributed by atoms with Crippen molar-refractivity contribution in [2.75, 3.05) is 0 Å². The van der Waals surface area contributed by atoms with Crippen LogP contribution in [-0.4, -0.2) is 30.2 Å². The largest absolute Gasteiger partial charge is 0.324 e. The van der Waals surface area contributed by atoms with E-state index < -0.39 is 0 Å². The Bertz CT molecular complexity index is 1350. The van der Waals surface area contributed by atoms with Crippen molar-refractivity contribution in [3.05, 3.63) is 106 Å². The minimum absolute atomic E-state index is 0.688. The average molecular weight is 481 g/mol. The number of benzene rings is 2. The molecule has 0 saturated carbocycles. The fourth-order valence-corrected chi connectivity index (χ4v) is 4.88. The van der Waals surface area contributed by atoms with Crippen LogP contribution in [-0.2, 0) is 19.4 Å². The van der Waals surface area contributed by atoms with Crippen LogP contribution in [0.1, 0.15) is 47.5 Å². The number of aromatic amines is 1. The SMILES string of the molecule is CCCCc1ncc(/C=C(\Cc2cccs2)c2nnn[nH]2)n1Cc1ccc(-c2ccccc2)cc1. The monoisotopic (exact) mass is 480 g/mol. The van der Waals surface area contributed by atoms with E-state index in [1.54, 1.807) is 11.3 Å². The van der Waals surface area contributed by atoms with Gasteiger partial charge in [-0.15, -0.1) is 16.4 Å². The van der Waals surface area contributed by atoms with Crippen molar-refractivity contribution in [1.29, 1.82) is 0 Å². The number of imidazole rings is 1. The van der Waals surface area contributed by atoms with Gasteiger partial charge >= 0.3 is 0 Å². The van der Waals surface area contributed by atoms with Crippen LogP contribution in [0.5, 0.6) is 0 Å². The van der Waals surface area contributed by atoms with E-state index in [-0.39, 0.29) is 0 Å². The van der Waals surface area contributed by atoms with Crippen molar-refractivity contribution in [3.8, 4) is 11.1 Å². The Morgan fingerprint density at radius 2 is 1.83 bits per heavy atom. The lowest BCUT2D eigenvalue weighted by Gasteiger charge is -2.12. The van der Waals surface area contributed by atoms with E-state index in [2.05, 4.69) is 104 Å². The maximum absolute atomic E-state index is 4.81. The summed E-state index contributed by atoms with van der Waals surface area (Å²) in [5.74, 6) is 1.80. The Balaban J connectivity index is 1.47. The fraction of sp³-hybridized carbons (Fsp3) is 0.214. The average Bonchev–Trinajstić information content (AvgIpc) is 3.67. The molecule has 176 valence electrons. The lowest BCUT2D eigenvalue weighted by atomic mass is 10.0. The number of tetrazole rings is 1. The lowest BCUT2D eigenvalue weighted by Crippen LogP contribution is -2.08. The van der Waals surface area contributed by atoms with Crippen molar-refractivity contribution in [1.82, 2.24) is 30.2 Å². The number of H-pyrrole nitrogens is 1. The molecular formula is C28H28N6S. The molecule has 0 atom stereocenters. The normalized spacial score (nSPS) is 11.7. The zero-order chi connectivity index (χ0) is 23.9. The number of allylic oxidation sites excluding steroid dienone is 1. The highest BCUT2D eigenvalue weighted by molar-refractivity contribution is 7.10. The summed E-state index contributed by atoms with van der Waals surface area (Å²) in [6, 6.07) is 23.5. The quantitative estimate of drug-likeness (QED) is 0.255. The van der Waals surface area contributed by atoms with Crippen molar-refractivity contribution in [2.45, 2.75) is 39.2 Å². The van der Waals surface area contributed by atoms with Crippen LogP contribution in [0.4, 0.5) is 0 Å². The number of rotatable bonds is 10. The molecule has 0 unspecified atom stereocenters. The van der Waals surface area contributed by atoms with Crippen LogP contribution in [0.3, 0.4) is 0 Å². The highest BCUT2D eigenvalue weighted by Crippen LogP contribution is 2.25. The van der Waals surface area contributed by atoms with Gasteiger partial charge in [0, 0.05) is 29.8 Å². The second-order valence-electron chi connectivity index (χ2n) is 8.53. The molecule has 0 aliphatic heterocycles. The summed E-state index contributed by atoms with van der Waals surface area (Å²) in [5, 5.41) is 16.8. The van der Waals surface area contributed by atoms with Gasteiger partial charge < -0.3 is 4.57 Å². The number of nitrogens with zero attached hydrogens (tertiary/aromatic N) is 5. The molecule has 5 rings (SSSR count). The summed E-state index contributed by atoms with van der Waals surface area (Å²) in [5.41, 5.74) is 5.80. The zero-order valence-corrected chi connectivity index (χ0v) is 20.6. The van der Waals surface area contributed by atoms with Crippen LogP contribution < -0.4 is 0 Å². The first-order valence-electron chi connectivity index (χ1n) is 12.0. The molecule has 0 fully saturated rings. The van der Waals surface area contributed by atoms with Gasteiger partial charge in [-0.05, 0) is 51.1 Å². The third-order valence-corrected chi connectivity index (χ3v) is 6.92. The summed E-state index contributed by atoms with van der Waals surface area (Å²) in [7, 11) is 0. The third kappa shape index (κ3) is 5.63. The maximum atomic E-state index is 4.81. The van der Waals surface area contributed by atoms with Gasteiger partial charge in [-0.3, -0.25) is 0 Å². The van der Waals surface area contributed by atoms with E-state index in [9.17, 15) is 0 Å². The topological polar surface area (TPSA) is 72.3 Å². The Kier molecular flexibility index (Phi) is 7.24. The van der Waals surface area contributed by atoms with Crippen LogP contribution in [0.25, 0.3) is 22.8 Å². The second kappa shape index (κ2) is 11.1. The van der Waals surface area contributed by atoms with Crippen molar-refractivity contribution in [3.63, 3.8) is 0 Å². The van der Waals surface area contributed by atoms with Crippen molar-refractivity contribution < 1.29 is 0 Å². The predicted molar refractivity (Wildman–Crippen MR) is 142 cm³/mol. The number of thiophene rings is 1. The second-order valence-corrected chi connectivity index (χ2v) is 9.56. The van der Waals surface area contributed by atoms with Gasteiger partial charge in [0.1, 0.15) is 5.82 Å². The van der Waals surface area contributed by atoms with Gasteiger partial charge in [0.25, 0.3) is 0 Å². The highest BCUT2D eigenvalue weighted by atomic mass is 32.1. The molecule has 3 heterocycles. The molecule has 0 spiro atoms. The van der Waals surface area contributed by atoms with Crippen LogP contribution in [0.15, 0.2) is 78.3 Å². The predicted octanol–water partition coefficient (Wildman–Crippen LogP) is 6.30. The van der Waals surface area contributed by atoms with Crippen LogP contribution in [0.2, 0.25) is 0 Å². The van der Waals surface area contributed by atoms with E-state index >= 15 is 0 Å². The summed E-state index contributed by atoms with van der Waals surface area (Å²) < 4.78 is 2.32. The number of aryl methyl sites for hydroxylation is 1. The Morgan fingerprint density at radius 3 is 2.54 bits per heavy atom. The van der Waals surface area contributed by atoms with Crippen molar-refractivity contribution in [2.24, 2.45) is 0 Å². The lowest BCUT2D eigenvalue weighted by molar-refractivity contribution is 0.675. The molecule has 2 aromatic carbocycles. The van der Waals surface area contributed by atoms with Gasteiger partial charge in [-0.1, -0.05) is 74.0 Å². The summed E-state index contributed by atoms with van der Waals surface area (Å²) in [4.78, 5) is 6.07. The summed E-state index contributed by atoms with van der Waals surface area (Å²) in [6.07, 6.45) is 8.11. The van der Waals surface area contributed by atoms with Crippen LogP contribution >= 0.6 is 11.3 Å². The first-order valence-corrected chi connectivity index (χ1v) is 12.8. The Hall–Kier alpha value is -3.84. The molecule has 0 saturated heterocycles. The van der Waals surface area contributed by atoms with Crippen LogP contribution in [0, 0.1) is 0 Å². The summed E-state index contributed by atoms with van der Waals surface area (Å²) in [6.45, 7) is 2.98. The minimum atomic E-state index is 0.688. The molecule has 0 aliphatic rings. The molecule has 0 radical (unpaired) electrons. The van der Waals surface area contributed by atoms with E-state index in [0.29, 0.717) is 5.82 Å². The molecule has 0 aliphatic carbocycles. The fourth-order valence-electron chi connectivity index (χ4n) is 4.15. The molecule has 6 nitrogen and oxygen atoms in total. The molecule has 3 aromatic heterocycles. The van der Waals surface area contributed by atoms with E-state index in [0.717, 1.165) is 49.3 Å². The molecular weight excluding hydrogens is 452 g/mol. The molecule has 35 heavy (non-hydrogen) atoms. The van der Waals surface area contributed by atoms with Gasteiger partial charge in [0.15, 0.2) is 5.82 Å². The standard InChI is InChI=1S/C28H28N6S/c1-2-3-11-27-29-19-25(17-24(28-30-32-33-31-28)18-26-10-7-16-35-26)34(27)20-21-12-14-23(15-13-21)22-8-5-4-6-9-22/h4-10,12-17,19H,2-3,11,18,20H2,1H3,(H,30,31,32,33)/b24-17+. The van der Waals surface area contributed by atoms with Gasteiger partial charge in [-0.2, -0.15) is 0 Å². The van der Waals surface area contributed by atoms with Crippen molar-refractivity contribution >= 4 is 23.0 Å². The minimum Gasteiger partial charge on any atom is -0.324 e. The Morgan fingerprint density at radius 1 is 1.00 bits per heavy atom. The number of hydrogen-bond acceptors (Lipinski definition) is 5. The molecule has 0 amide bonds. The van der Waals surface area contributed by atoms with E-state index in [4.69, 9.17) is 4.98 Å². The van der Waals surface area contributed by atoms with Gasteiger partial charge in [0.2, 0.25) is 0 Å². The molecule has 0 bridgehead atoms. The third-order valence-electron chi connectivity index (χ3n) is 6.04. The number of aromatic nitrogens is 6. The number of unbranched alkanes of at least 4 members (excludes halogenated alkanes) is 1. The van der Waals surface area contributed by atoms with Gasteiger partial charge in [0.05, 0.1) is 11.9 Å². The zero-order valence-electron chi connectivity index (χ0n) is 19.8. The Labute approximate surface area is 209 Å². The number of hydrogen-bond donors (Lipinski definition) is 1. The summed E-state index contributed by atoms with van der Waals surface area (Å²) >= 11 is 1.74. The van der Waals surface area contributed by atoms with E-state index in [1.165, 1.54) is 21.6 Å². The smallest absolute Gasteiger partial charge is 0.175 e. The molecule has 5 aromatic rings. The first-order chi connectivity index (χ1) is 17.3. The van der Waals surface area contributed by atoms with Gasteiger partial charge in [-0.25, -0.2) is 10.1 Å². The molecule has 7 heteroatoms. The molecule has 1 N–H and O–H groups in total. The number of nitrogens with one attached hydrogen (secondary N) is 1. The first kappa shape index (κ1) is 22.9. The van der Waals surface area contributed by atoms with E-state index in [1.807, 2.05) is 12.3 Å².